The molecule has 1 aromatic rings. The molecule has 0 aromatic heterocycles. The molecule has 100 valence electrons. The van der Waals surface area contributed by atoms with E-state index in [4.69, 9.17) is 0 Å². The van der Waals surface area contributed by atoms with E-state index in [-0.39, 0.29) is 0 Å². The summed E-state index contributed by atoms with van der Waals surface area (Å²) in [5.74, 6) is 1.16. The molecule has 0 N–H and O–H groups in total. The predicted octanol–water partition coefficient (Wildman–Crippen LogP) is 4.31. The lowest BCUT2D eigenvalue weighted by Gasteiger charge is -2.15. The van der Waals surface area contributed by atoms with Crippen molar-refractivity contribution in [1.82, 2.24) is 0 Å². The summed E-state index contributed by atoms with van der Waals surface area (Å²) < 4.78 is 0. The van der Waals surface area contributed by atoms with Crippen LogP contribution in [0.4, 0.5) is 0 Å². The Morgan fingerprint density at radius 3 is 1.11 bits per heavy atom. The summed E-state index contributed by atoms with van der Waals surface area (Å²) in [6.45, 7) is 18.1. The first kappa shape index (κ1) is 15.0. The highest BCUT2D eigenvalue weighted by atomic mass is 14.1. The molecule has 0 saturated heterocycles. The second-order valence-corrected chi connectivity index (χ2v) is 6.30. The van der Waals surface area contributed by atoms with Crippen LogP contribution in [0.25, 0.3) is 11.1 Å². The minimum Gasteiger partial charge on any atom is -0.0683 e. The fraction of sp³-hybridized carbons (Fsp3) is 0.556. The Morgan fingerprint density at radius 2 is 0.944 bits per heavy atom. The van der Waals surface area contributed by atoms with E-state index < -0.39 is 0 Å². The minimum absolute atomic E-state index is 0.578. The van der Waals surface area contributed by atoms with Gasteiger partial charge in [0, 0.05) is 0 Å². The fourth-order valence-corrected chi connectivity index (χ4v) is 2.67. The highest BCUT2D eigenvalue weighted by Gasteiger charge is 2.10. The predicted molar refractivity (Wildman–Crippen MR) is 83.4 cm³/mol. The number of benzene rings is 1. The summed E-state index contributed by atoms with van der Waals surface area (Å²) in [6, 6.07) is 4.66. The third-order valence-electron chi connectivity index (χ3n) is 3.51. The number of hydrogen-bond donors (Lipinski definition) is 0. The van der Waals surface area contributed by atoms with Gasteiger partial charge >= 0.3 is 0 Å². The molecule has 0 heterocycles. The van der Waals surface area contributed by atoms with E-state index in [1.54, 1.807) is 0 Å². The summed E-state index contributed by atoms with van der Waals surface area (Å²) in [6.07, 6.45) is 0. The Balaban J connectivity index is 4.00. The molecule has 0 heteroatoms. The van der Waals surface area contributed by atoms with E-state index in [1.807, 2.05) is 0 Å². The van der Waals surface area contributed by atoms with E-state index >= 15 is 0 Å². The molecule has 18 heavy (non-hydrogen) atoms. The second kappa shape index (κ2) is 5.73. The molecule has 0 atom stereocenters. The van der Waals surface area contributed by atoms with Crippen LogP contribution in [0.5, 0.6) is 0 Å². The van der Waals surface area contributed by atoms with Crippen LogP contribution in [-0.2, 0) is 0 Å². The molecule has 0 aliphatic heterocycles. The van der Waals surface area contributed by atoms with Gasteiger partial charge in [-0.3, -0.25) is 0 Å². The van der Waals surface area contributed by atoms with Crippen LogP contribution in [0.1, 0.15) is 78.4 Å². The second-order valence-electron chi connectivity index (χ2n) is 6.30. The van der Waals surface area contributed by atoms with E-state index in [0.29, 0.717) is 11.8 Å². The lowest BCUT2D eigenvalue weighted by atomic mass is 9.89. The normalized spacial score (nSPS) is 11.2. The monoisotopic (exact) mass is 244 g/mol. The summed E-state index contributed by atoms with van der Waals surface area (Å²) in [4.78, 5) is 0. The first-order chi connectivity index (χ1) is 8.27. The Labute approximate surface area is 112 Å². The van der Waals surface area contributed by atoms with Crippen LogP contribution >= 0.6 is 0 Å². The Morgan fingerprint density at radius 1 is 0.667 bits per heavy atom. The van der Waals surface area contributed by atoms with Crippen molar-refractivity contribution in [2.24, 2.45) is 0 Å². The Hall–Kier alpha value is -1.04. The van der Waals surface area contributed by atoms with Gasteiger partial charge in [0.05, 0.1) is 0 Å². The largest absolute Gasteiger partial charge is 0.0683 e. The first-order valence-corrected chi connectivity index (χ1v) is 7.05. The molecule has 0 fully saturated rings. The molecule has 0 spiro atoms. The van der Waals surface area contributed by atoms with Gasteiger partial charge in [0.1, 0.15) is 0 Å². The SMILES string of the molecule is CC(C)=c1c(C(C)C)ccc(C(C)C)c1=C(C)C. The molecule has 0 saturated carbocycles. The number of hydrogen-bond acceptors (Lipinski definition) is 0. The molecule has 0 aliphatic carbocycles. The van der Waals surface area contributed by atoms with Gasteiger partial charge in [0.2, 0.25) is 0 Å². The van der Waals surface area contributed by atoms with Gasteiger partial charge in [0.15, 0.2) is 0 Å². The van der Waals surface area contributed by atoms with Crippen molar-refractivity contribution in [3.05, 3.63) is 33.7 Å². The van der Waals surface area contributed by atoms with Gasteiger partial charge in [-0.05, 0) is 61.1 Å². The molecule has 0 nitrogen and oxygen atoms in total. The number of rotatable bonds is 2. The topological polar surface area (TPSA) is 0 Å². The summed E-state index contributed by atoms with van der Waals surface area (Å²) in [5, 5.41) is 2.97. The standard InChI is InChI=1S/C18H28/c1-11(2)15-9-10-16(12(3)4)18(14(7)8)17(15)13(5)6/h9-12H,1-8H3. The van der Waals surface area contributed by atoms with E-state index in [1.165, 1.54) is 32.7 Å². The zero-order valence-corrected chi connectivity index (χ0v) is 13.3. The summed E-state index contributed by atoms with van der Waals surface area (Å²) in [5.41, 5.74) is 5.82. The molecule has 0 unspecified atom stereocenters. The van der Waals surface area contributed by atoms with Crippen LogP contribution in [0.15, 0.2) is 12.1 Å². The van der Waals surface area contributed by atoms with Crippen molar-refractivity contribution in [3.63, 3.8) is 0 Å². The van der Waals surface area contributed by atoms with Crippen LogP contribution in [0.3, 0.4) is 0 Å². The lowest BCUT2D eigenvalue weighted by Crippen LogP contribution is -2.35. The average Bonchev–Trinajstić information content (AvgIpc) is 2.26. The quantitative estimate of drug-likeness (QED) is 0.727. The summed E-state index contributed by atoms with van der Waals surface area (Å²) in [7, 11) is 0. The summed E-state index contributed by atoms with van der Waals surface area (Å²) >= 11 is 0. The van der Waals surface area contributed by atoms with Crippen molar-refractivity contribution in [1.29, 1.82) is 0 Å². The van der Waals surface area contributed by atoms with Gasteiger partial charge in [-0.25, -0.2) is 0 Å². The molecular weight excluding hydrogens is 216 g/mol. The van der Waals surface area contributed by atoms with Crippen LogP contribution in [0, 0.1) is 0 Å². The lowest BCUT2D eigenvalue weighted by molar-refractivity contribution is 0.826. The van der Waals surface area contributed by atoms with Gasteiger partial charge in [-0.1, -0.05) is 51.0 Å². The molecule has 1 rings (SSSR count). The highest BCUT2D eigenvalue weighted by Crippen LogP contribution is 2.14. The van der Waals surface area contributed by atoms with Gasteiger partial charge in [-0.15, -0.1) is 0 Å². The van der Waals surface area contributed by atoms with Crippen molar-refractivity contribution in [3.8, 4) is 0 Å². The third kappa shape index (κ3) is 2.85. The zero-order chi connectivity index (χ0) is 14.0. The first-order valence-electron chi connectivity index (χ1n) is 7.05. The van der Waals surface area contributed by atoms with Crippen molar-refractivity contribution in [2.75, 3.05) is 0 Å². The average molecular weight is 244 g/mol. The van der Waals surface area contributed by atoms with E-state index in [2.05, 4.69) is 67.5 Å². The molecule has 0 radical (unpaired) electrons. The van der Waals surface area contributed by atoms with Crippen LogP contribution in [0.2, 0.25) is 0 Å². The third-order valence-corrected chi connectivity index (χ3v) is 3.51. The molecule has 1 aromatic carbocycles. The van der Waals surface area contributed by atoms with E-state index in [0.717, 1.165) is 0 Å². The van der Waals surface area contributed by atoms with Crippen LogP contribution < -0.4 is 10.4 Å². The maximum atomic E-state index is 2.33. The highest BCUT2D eigenvalue weighted by molar-refractivity contribution is 5.52. The molecule has 0 bridgehead atoms. The fourth-order valence-electron chi connectivity index (χ4n) is 2.67. The molecule has 0 aliphatic rings. The Bertz CT molecular complexity index is 483. The van der Waals surface area contributed by atoms with Crippen molar-refractivity contribution >= 4 is 11.1 Å². The maximum Gasteiger partial charge on any atom is -0.0161 e. The maximum absolute atomic E-state index is 2.33. The Kier molecular flexibility index (Phi) is 4.78. The minimum atomic E-state index is 0.578. The molecule has 0 amide bonds. The van der Waals surface area contributed by atoms with Gasteiger partial charge in [-0.2, -0.15) is 0 Å². The smallest absolute Gasteiger partial charge is 0.0161 e. The zero-order valence-electron chi connectivity index (χ0n) is 13.3. The van der Waals surface area contributed by atoms with E-state index in [9.17, 15) is 0 Å². The van der Waals surface area contributed by atoms with Gasteiger partial charge < -0.3 is 0 Å². The van der Waals surface area contributed by atoms with Gasteiger partial charge in [0.25, 0.3) is 0 Å². The van der Waals surface area contributed by atoms with Crippen molar-refractivity contribution in [2.45, 2.75) is 67.2 Å². The van der Waals surface area contributed by atoms with Crippen LogP contribution in [-0.4, -0.2) is 0 Å². The van der Waals surface area contributed by atoms with Crippen molar-refractivity contribution < 1.29 is 0 Å². The molecular formula is C18H28.